The van der Waals surface area contributed by atoms with Crippen LogP contribution in [0.4, 0.5) is 5.69 Å². The van der Waals surface area contributed by atoms with Gasteiger partial charge in [0.25, 0.3) is 0 Å². The molecule has 2 fully saturated rings. The third-order valence-electron chi connectivity index (χ3n) is 4.94. The van der Waals surface area contributed by atoms with E-state index in [-0.39, 0.29) is 30.1 Å². The molecule has 0 saturated carbocycles. The smallest absolute Gasteiger partial charge is 0.230 e. The van der Waals surface area contributed by atoms with Crippen molar-refractivity contribution in [3.63, 3.8) is 0 Å². The first-order valence-corrected chi connectivity index (χ1v) is 9.41. The minimum atomic E-state index is -0.251. The summed E-state index contributed by atoms with van der Waals surface area (Å²) in [6.07, 6.45) is 4.35. The summed E-state index contributed by atoms with van der Waals surface area (Å²) in [6, 6.07) is 7.72. The molecule has 4 rings (SSSR count). The molecule has 144 valence electrons. The van der Waals surface area contributed by atoms with E-state index in [1.165, 1.54) is 0 Å². The fraction of sp³-hybridized carbons (Fsp3) is 0.500. The Morgan fingerprint density at radius 1 is 1.30 bits per heavy atom. The molecule has 2 aliphatic rings. The number of rotatable bonds is 6. The summed E-state index contributed by atoms with van der Waals surface area (Å²) in [7, 11) is 0. The Hall–Kier alpha value is -2.38. The highest BCUT2D eigenvalue weighted by Gasteiger charge is 2.36. The lowest BCUT2D eigenvalue weighted by Gasteiger charge is -2.26. The zero-order valence-electron chi connectivity index (χ0n) is 15.6. The molecule has 2 atom stereocenters. The second kappa shape index (κ2) is 7.70. The second-order valence-corrected chi connectivity index (χ2v) is 7.32. The van der Waals surface area contributed by atoms with Gasteiger partial charge in [0.05, 0.1) is 31.4 Å². The van der Waals surface area contributed by atoms with Crippen molar-refractivity contribution in [3.8, 4) is 5.75 Å². The first kappa shape index (κ1) is 18.0. The fourth-order valence-electron chi connectivity index (χ4n) is 3.30. The van der Waals surface area contributed by atoms with Crippen LogP contribution in [-0.2, 0) is 14.3 Å². The van der Waals surface area contributed by atoms with Crippen molar-refractivity contribution in [2.24, 2.45) is 5.92 Å². The van der Waals surface area contributed by atoms with Crippen LogP contribution in [0.15, 0.2) is 36.7 Å². The van der Waals surface area contributed by atoms with E-state index in [9.17, 15) is 4.79 Å². The fourth-order valence-corrected chi connectivity index (χ4v) is 3.30. The van der Waals surface area contributed by atoms with Crippen molar-refractivity contribution in [1.82, 2.24) is 9.78 Å². The first-order chi connectivity index (χ1) is 13.1. The van der Waals surface area contributed by atoms with Gasteiger partial charge in [-0.1, -0.05) is 0 Å². The molecule has 2 saturated heterocycles. The molecule has 0 radical (unpaired) electrons. The minimum absolute atomic E-state index is 0.0316. The van der Waals surface area contributed by atoms with Crippen LogP contribution in [0, 0.1) is 5.92 Å². The summed E-state index contributed by atoms with van der Waals surface area (Å²) >= 11 is 0. The summed E-state index contributed by atoms with van der Waals surface area (Å²) in [5.74, 6) is 0.526. The normalized spacial score (nSPS) is 22.6. The van der Waals surface area contributed by atoms with Crippen LogP contribution in [-0.4, -0.2) is 41.6 Å². The Morgan fingerprint density at radius 2 is 2.07 bits per heavy atom. The molecule has 1 N–H and O–H groups in total. The summed E-state index contributed by atoms with van der Waals surface area (Å²) in [6.45, 7) is 5.99. The van der Waals surface area contributed by atoms with Crippen molar-refractivity contribution >= 4 is 11.6 Å². The van der Waals surface area contributed by atoms with E-state index < -0.39 is 0 Å². The van der Waals surface area contributed by atoms with Crippen molar-refractivity contribution in [3.05, 3.63) is 42.2 Å². The lowest BCUT2D eigenvalue weighted by atomic mass is 9.96. The van der Waals surface area contributed by atoms with Crippen LogP contribution in [0.1, 0.15) is 38.0 Å². The second-order valence-electron chi connectivity index (χ2n) is 7.32. The molecular weight excluding hydrogens is 346 g/mol. The maximum atomic E-state index is 12.8. The molecule has 2 aromatic rings. The van der Waals surface area contributed by atoms with Crippen LogP contribution < -0.4 is 10.1 Å². The number of amides is 1. The third-order valence-corrected chi connectivity index (χ3v) is 4.94. The van der Waals surface area contributed by atoms with Gasteiger partial charge in [0.2, 0.25) is 5.91 Å². The number of anilines is 1. The molecule has 2 aliphatic heterocycles. The highest BCUT2D eigenvalue weighted by Crippen LogP contribution is 2.35. The predicted molar refractivity (Wildman–Crippen MR) is 99.7 cm³/mol. The van der Waals surface area contributed by atoms with Crippen molar-refractivity contribution in [2.45, 2.75) is 38.5 Å². The SMILES string of the molecule is CC(C)n1cc([C@@H]2OCC[C@H]2C(=O)Nc2ccc(OC3COC3)cc2)cn1. The van der Waals surface area contributed by atoms with Gasteiger partial charge >= 0.3 is 0 Å². The van der Waals surface area contributed by atoms with Gasteiger partial charge in [0, 0.05) is 30.1 Å². The van der Waals surface area contributed by atoms with Crippen LogP contribution in [0.5, 0.6) is 5.75 Å². The third kappa shape index (κ3) is 3.99. The number of carbonyl (C=O) groups excluding carboxylic acids is 1. The number of nitrogens with one attached hydrogen (secondary N) is 1. The van der Waals surface area contributed by atoms with E-state index in [1.54, 1.807) is 6.20 Å². The number of ether oxygens (including phenoxy) is 3. The van der Waals surface area contributed by atoms with E-state index in [0.29, 0.717) is 26.2 Å². The van der Waals surface area contributed by atoms with E-state index in [1.807, 2.05) is 35.1 Å². The van der Waals surface area contributed by atoms with Crippen LogP contribution >= 0.6 is 0 Å². The summed E-state index contributed by atoms with van der Waals surface area (Å²) in [5.41, 5.74) is 1.70. The molecule has 0 spiro atoms. The molecule has 0 unspecified atom stereocenters. The lowest BCUT2D eigenvalue weighted by molar-refractivity contribution is -0.121. The number of carbonyl (C=O) groups is 1. The monoisotopic (exact) mass is 371 g/mol. The van der Waals surface area contributed by atoms with Gasteiger partial charge in [-0.05, 0) is 44.5 Å². The molecule has 3 heterocycles. The Kier molecular flexibility index (Phi) is 5.13. The standard InChI is InChI=1S/C20H25N3O4/c1-13(2)23-10-14(9-21-23)19-18(7-8-26-19)20(24)22-15-3-5-16(6-4-15)27-17-11-25-12-17/h3-6,9-10,13,17-19H,7-8,11-12H2,1-2H3,(H,22,24)/t18-,19+/m1/s1. The molecule has 0 bridgehead atoms. The number of nitrogens with zero attached hydrogens (tertiary/aromatic N) is 2. The van der Waals surface area contributed by atoms with Crippen molar-refractivity contribution < 1.29 is 19.0 Å². The van der Waals surface area contributed by atoms with Gasteiger partial charge in [-0.15, -0.1) is 0 Å². The Morgan fingerprint density at radius 3 is 2.70 bits per heavy atom. The Balaban J connectivity index is 1.39. The molecule has 7 heteroatoms. The van der Waals surface area contributed by atoms with Gasteiger partial charge in [-0.25, -0.2) is 0 Å². The van der Waals surface area contributed by atoms with Crippen molar-refractivity contribution in [1.29, 1.82) is 0 Å². The number of hydrogen-bond donors (Lipinski definition) is 1. The van der Waals surface area contributed by atoms with Gasteiger partial charge in [-0.2, -0.15) is 5.10 Å². The summed E-state index contributed by atoms with van der Waals surface area (Å²) in [5, 5.41) is 7.36. The molecule has 1 aromatic heterocycles. The van der Waals surface area contributed by atoms with Crippen LogP contribution in [0.2, 0.25) is 0 Å². The minimum Gasteiger partial charge on any atom is -0.486 e. The van der Waals surface area contributed by atoms with E-state index >= 15 is 0 Å². The number of aromatic nitrogens is 2. The topological polar surface area (TPSA) is 74.6 Å². The van der Waals surface area contributed by atoms with E-state index in [2.05, 4.69) is 24.3 Å². The molecule has 0 aliphatic carbocycles. The van der Waals surface area contributed by atoms with Crippen LogP contribution in [0.25, 0.3) is 0 Å². The maximum absolute atomic E-state index is 12.8. The van der Waals surface area contributed by atoms with Gasteiger partial charge in [0.1, 0.15) is 11.9 Å². The highest BCUT2D eigenvalue weighted by atomic mass is 16.6. The van der Waals surface area contributed by atoms with E-state index in [0.717, 1.165) is 17.0 Å². The molecule has 1 amide bonds. The zero-order chi connectivity index (χ0) is 18.8. The molecular formula is C20H25N3O4. The summed E-state index contributed by atoms with van der Waals surface area (Å²) in [4.78, 5) is 12.8. The first-order valence-electron chi connectivity index (χ1n) is 9.41. The van der Waals surface area contributed by atoms with Gasteiger partial charge in [-0.3, -0.25) is 9.48 Å². The molecule has 1 aromatic carbocycles. The average Bonchev–Trinajstić information content (AvgIpc) is 3.28. The predicted octanol–water partition coefficient (Wildman–Crippen LogP) is 2.96. The average molecular weight is 371 g/mol. The molecule has 27 heavy (non-hydrogen) atoms. The number of benzene rings is 1. The maximum Gasteiger partial charge on any atom is 0.230 e. The highest BCUT2D eigenvalue weighted by molar-refractivity contribution is 5.93. The lowest BCUT2D eigenvalue weighted by Crippen LogP contribution is -2.38. The van der Waals surface area contributed by atoms with Crippen molar-refractivity contribution in [2.75, 3.05) is 25.1 Å². The van der Waals surface area contributed by atoms with E-state index in [4.69, 9.17) is 14.2 Å². The Labute approximate surface area is 158 Å². The van der Waals surface area contributed by atoms with Gasteiger partial charge < -0.3 is 19.5 Å². The Bertz CT molecular complexity index is 783. The quantitative estimate of drug-likeness (QED) is 0.845. The van der Waals surface area contributed by atoms with Gasteiger partial charge in [0.15, 0.2) is 0 Å². The molecule has 7 nitrogen and oxygen atoms in total. The van der Waals surface area contributed by atoms with Crippen LogP contribution in [0.3, 0.4) is 0 Å². The summed E-state index contributed by atoms with van der Waals surface area (Å²) < 4.78 is 18.6. The largest absolute Gasteiger partial charge is 0.486 e. The zero-order valence-corrected chi connectivity index (χ0v) is 15.6. The number of hydrogen-bond acceptors (Lipinski definition) is 5.